The van der Waals surface area contributed by atoms with E-state index in [1.54, 1.807) is 0 Å². The minimum Gasteiger partial charge on any atom is -0.381 e. The van der Waals surface area contributed by atoms with Gasteiger partial charge in [0.25, 0.3) is 0 Å². The molecular formula is C8H19NO. The molecule has 2 N–H and O–H groups in total. The quantitative estimate of drug-likeness (QED) is 0.555. The summed E-state index contributed by atoms with van der Waals surface area (Å²) < 4.78 is 0. The van der Waals surface area contributed by atoms with E-state index in [2.05, 4.69) is 19.2 Å². The van der Waals surface area contributed by atoms with Gasteiger partial charge in [0.15, 0.2) is 0 Å². The number of aliphatic hydroxyl groups excluding tert-OH is 1. The van der Waals surface area contributed by atoms with Crippen molar-refractivity contribution in [2.24, 2.45) is 0 Å². The van der Waals surface area contributed by atoms with E-state index in [9.17, 15) is 0 Å². The molecule has 0 fully saturated rings. The summed E-state index contributed by atoms with van der Waals surface area (Å²) >= 11 is 0. The highest BCUT2D eigenvalue weighted by atomic mass is 16.3. The standard InChI is InChI=1S/C8H19NO/c1-3-5-6-8(4-2)9-7-10/h8-10H,3-7H2,1-2H3. The van der Waals surface area contributed by atoms with E-state index < -0.39 is 0 Å². The fourth-order valence-electron chi connectivity index (χ4n) is 1.03. The van der Waals surface area contributed by atoms with Gasteiger partial charge in [0.05, 0.1) is 6.73 Å². The predicted molar refractivity (Wildman–Crippen MR) is 43.8 cm³/mol. The summed E-state index contributed by atoms with van der Waals surface area (Å²) in [6.45, 7) is 4.44. The molecule has 0 aliphatic heterocycles. The molecule has 0 spiro atoms. The van der Waals surface area contributed by atoms with Crippen LogP contribution < -0.4 is 5.32 Å². The monoisotopic (exact) mass is 145 g/mol. The SMILES string of the molecule is CCCCC(CC)NCO. The topological polar surface area (TPSA) is 32.3 Å². The molecule has 0 rings (SSSR count). The number of rotatable bonds is 6. The first-order valence-corrected chi connectivity index (χ1v) is 4.19. The van der Waals surface area contributed by atoms with Crippen molar-refractivity contribution < 1.29 is 5.11 Å². The van der Waals surface area contributed by atoms with Crippen LogP contribution in [0.5, 0.6) is 0 Å². The molecular weight excluding hydrogens is 126 g/mol. The summed E-state index contributed by atoms with van der Waals surface area (Å²) in [5, 5.41) is 11.6. The maximum Gasteiger partial charge on any atom is 0.0933 e. The van der Waals surface area contributed by atoms with Crippen molar-refractivity contribution >= 4 is 0 Å². The zero-order valence-electron chi connectivity index (χ0n) is 7.06. The minimum absolute atomic E-state index is 0.113. The first-order valence-electron chi connectivity index (χ1n) is 4.19. The van der Waals surface area contributed by atoms with Crippen LogP contribution in [0.4, 0.5) is 0 Å². The van der Waals surface area contributed by atoms with Gasteiger partial charge in [0.2, 0.25) is 0 Å². The maximum absolute atomic E-state index is 8.56. The molecule has 0 amide bonds. The van der Waals surface area contributed by atoms with Gasteiger partial charge in [-0.2, -0.15) is 0 Å². The summed E-state index contributed by atoms with van der Waals surface area (Å²) in [4.78, 5) is 0. The largest absolute Gasteiger partial charge is 0.381 e. The first kappa shape index (κ1) is 9.92. The summed E-state index contributed by atoms with van der Waals surface area (Å²) in [5.41, 5.74) is 0. The average molecular weight is 145 g/mol. The minimum atomic E-state index is 0.113. The number of nitrogens with one attached hydrogen (secondary N) is 1. The van der Waals surface area contributed by atoms with Crippen LogP contribution in [0.25, 0.3) is 0 Å². The number of unbranched alkanes of at least 4 members (excludes halogenated alkanes) is 1. The van der Waals surface area contributed by atoms with E-state index in [1.807, 2.05) is 0 Å². The van der Waals surface area contributed by atoms with Gasteiger partial charge < -0.3 is 5.11 Å². The van der Waals surface area contributed by atoms with Crippen LogP contribution in [0.15, 0.2) is 0 Å². The molecule has 0 bridgehead atoms. The molecule has 10 heavy (non-hydrogen) atoms. The Morgan fingerprint density at radius 2 is 2.10 bits per heavy atom. The van der Waals surface area contributed by atoms with Gasteiger partial charge in [0.1, 0.15) is 0 Å². The van der Waals surface area contributed by atoms with E-state index >= 15 is 0 Å². The van der Waals surface area contributed by atoms with Crippen LogP contribution in [0.1, 0.15) is 39.5 Å². The molecule has 1 atom stereocenters. The van der Waals surface area contributed by atoms with Gasteiger partial charge >= 0.3 is 0 Å². The molecule has 2 heteroatoms. The molecule has 0 aromatic rings. The highest BCUT2D eigenvalue weighted by Gasteiger charge is 2.01. The Morgan fingerprint density at radius 3 is 2.50 bits per heavy atom. The second kappa shape index (κ2) is 7.03. The Kier molecular flexibility index (Phi) is 6.98. The second-order valence-corrected chi connectivity index (χ2v) is 2.61. The fourth-order valence-corrected chi connectivity index (χ4v) is 1.03. The van der Waals surface area contributed by atoms with E-state index in [0.29, 0.717) is 6.04 Å². The third kappa shape index (κ3) is 4.77. The molecule has 0 aliphatic carbocycles. The fraction of sp³-hybridized carbons (Fsp3) is 1.00. The van der Waals surface area contributed by atoms with Crippen LogP contribution in [-0.2, 0) is 0 Å². The average Bonchev–Trinajstić information content (AvgIpc) is 1.98. The van der Waals surface area contributed by atoms with Gasteiger partial charge in [-0.25, -0.2) is 0 Å². The van der Waals surface area contributed by atoms with Gasteiger partial charge in [-0.05, 0) is 12.8 Å². The van der Waals surface area contributed by atoms with Crippen molar-refractivity contribution in [3.8, 4) is 0 Å². The lowest BCUT2D eigenvalue weighted by Gasteiger charge is -2.13. The molecule has 0 saturated carbocycles. The van der Waals surface area contributed by atoms with Gasteiger partial charge in [-0.3, -0.25) is 5.32 Å². The Balaban J connectivity index is 3.21. The first-order chi connectivity index (χ1) is 4.85. The highest BCUT2D eigenvalue weighted by Crippen LogP contribution is 2.02. The molecule has 0 radical (unpaired) electrons. The summed E-state index contributed by atoms with van der Waals surface area (Å²) in [5.74, 6) is 0. The van der Waals surface area contributed by atoms with Crippen molar-refractivity contribution in [1.29, 1.82) is 0 Å². The van der Waals surface area contributed by atoms with E-state index in [-0.39, 0.29) is 6.73 Å². The van der Waals surface area contributed by atoms with Crippen molar-refractivity contribution in [3.05, 3.63) is 0 Å². The number of hydrogen-bond donors (Lipinski definition) is 2. The zero-order valence-corrected chi connectivity index (χ0v) is 7.06. The Labute approximate surface area is 63.6 Å². The van der Waals surface area contributed by atoms with Gasteiger partial charge in [-0.15, -0.1) is 0 Å². The third-order valence-electron chi connectivity index (χ3n) is 1.78. The van der Waals surface area contributed by atoms with Crippen LogP contribution in [-0.4, -0.2) is 17.9 Å². The lowest BCUT2D eigenvalue weighted by atomic mass is 10.1. The number of aliphatic hydroxyl groups is 1. The highest BCUT2D eigenvalue weighted by molar-refractivity contribution is 4.61. The Hall–Kier alpha value is -0.0800. The van der Waals surface area contributed by atoms with Crippen LogP contribution in [0.2, 0.25) is 0 Å². The molecule has 62 valence electrons. The molecule has 2 nitrogen and oxygen atoms in total. The summed E-state index contributed by atoms with van der Waals surface area (Å²) in [7, 11) is 0. The molecule has 0 heterocycles. The van der Waals surface area contributed by atoms with E-state index in [1.165, 1.54) is 19.3 Å². The normalized spacial score (nSPS) is 13.5. The number of hydrogen-bond acceptors (Lipinski definition) is 2. The molecule has 0 aromatic carbocycles. The second-order valence-electron chi connectivity index (χ2n) is 2.61. The molecule has 0 aliphatic rings. The maximum atomic E-state index is 8.56. The predicted octanol–water partition coefficient (Wildman–Crippen LogP) is 1.49. The molecule has 1 unspecified atom stereocenters. The van der Waals surface area contributed by atoms with Crippen LogP contribution in [0, 0.1) is 0 Å². The van der Waals surface area contributed by atoms with Gasteiger partial charge in [-0.1, -0.05) is 26.7 Å². The van der Waals surface area contributed by atoms with Crippen LogP contribution in [0.3, 0.4) is 0 Å². The van der Waals surface area contributed by atoms with Crippen molar-refractivity contribution in [3.63, 3.8) is 0 Å². The Morgan fingerprint density at radius 1 is 1.40 bits per heavy atom. The van der Waals surface area contributed by atoms with E-state index in [4.69, 9.17) is 5.11 Å². The lowest BCUT2D eigenvalue weighted by molar-refractivity contribution is 0.233. The molecule has 0 aromatic heterocycles. The lowest BCUT2D eigenvalue weighted by Crippen LogP contribution is -2.28. The van der Waals surface area contributed by atoms with Crippen molar-refractivity contribution in [1.82, 2.24) is 5.32 Å². The Bertz CT molecular complexity index is 66.3. The van der Waals surface area contributed by atoms with Crippen LogP contribution >= 0.6 is 0 Å². The third-order valence-corrected chi connectivity index (χ3v) is 1.78. The molecule has 0 saturated heterocycles. The smallest absolute Gasteiger partial charge is 0.0933 e. The van der Waals surface area contributed by atoms with Crippen molar-refractivity contribution in [2.45, 2.75) is 45.6 Å². The zero-order chi connectivity index (χ0) is 7.82. The van der Waals surface area contributed by atoms with E-state index in [0.717, 1.165) is 6.42 Å². The van der Waals surface area contributed by atoms with Gasteiger partial charge in [0, 0.05) is 6.04 Å². The van der Waals surface area contributed by atoms with Crippen molar-refractivity contribution in [2.75, 3.05) is 6.73 Å². The summed E-state index contributed by atoms with van der Waals surface area (Å²) in [6.07, 6.45) is 4.79. The summed E-state index contributed by atoms with van der Waals surface area (Å²) in [6, 6.07) is 0.518.